The standard InChI is InChI=1S/C18H18N4O3/c19-18(24)17-16-14(21-22-17)5-12(11-1-3-13(23)4-2-11)6-15(16)25-9-10-7-20-8-10/h1-6,10,20,23H,7-9H2,(H2,19,24)(H,21,22). The van der Waals surface area contributed by atoms with E-state index >= 15 is 0 Å². The summed E-state index contributed by atoms with van der Waals surface area (Å²) in [5, 5.41) is 20.2. The van der Waals surface area contributed by atoms with Gasteiger partial charge in [0.15, 0.2) is 5.69 Å². The lowest BCUT2D eigenvalue weighted by Crippen LogP contribution is -2.45. The van der Waals surface area contributed by atoms with E-state index < -0.39 is 5.91 Å². The first-order valence-corrected chi connectivity index (χ1v) is 8.06. The van der Waals surface area contributed by atoms with Gasteiger partial charge in [0, 0.05) is 19.0 Å². The van der Waals surface area contributed by atoms with Crippen LogP contribution in [0.4, 0.5) is 0 Å². The van der Waals surface area contributed by atoms with Crippen LogP contribution in [0.15, 0.2) is 36.4 Å². The lowest BCUT2D eigenvalue weighted by atomic mass is 10.0. The van der Waals surface area contributed by atoms with Crippen molar-refractivity contribution in [3.63, 3.8) is 0 Å². The number of aromatic hydroxyl groups is 1. The first kappa shape index (κ1) is 15.5. The average molecular weight is 338 g/mol. The molecule has 0 saturated carbocycles. The lowest BCUT2D eigenvalue weighted by Gasteiger charge is -2.27. The van der Waals surface area contributed by atoms with Crippen LogP contribution in [0, 0.1) is 5.92 Å². The second-order valence-corrected chi connectivity index (χ2v) is 6.22. The van der Waals surface area contributed by atoms with Gasteiger partial charge in [0.1, 0.15) is 11.5 Å². The van der Waals surface area contributed by atoms with Gasteiger partial charge in [-0.1, -0.05) is 12.1 Å². The predicted molar refractivity (Wildman–Crippen MR) is 93.6 cm³/mol. The van der Waals surface area contributed by atoms with E-state index in [2.05, 4.69) is 15.5 Å². The molecule has 25 heavy (non-hydrogen) atoms. The molecule has 128 valence electrons. The van der Waals surface area contributed by atoms with E-state index in [9.17, 15) is 9.90 Å². The third-order valence-electron chi connectivity index (χ3n) is 4.40. The van der Waals surface area contributed by atoms with E-state index in [0.717, 1.165) is 24.2 Å². The van der Waals surface area contributed by atoms with Crippen LogP contribution in [0.5, 0.6) is 11.5 Å². The zero-order valence-electron chi connectivity index (χ0n) is 13.5. The molecule has 0 aliphatic carbocycles. The number of primary amides is 1. The van der Waals surface area contributed by atoms with Crippen LogP contribution in [-0.4, -0.2) is 40.9 Å². The highest BCUT2D eigenvalue weighted by molar-refractivity contribution is 6.07. The summed E-state index contributed by atoms with van der Waals surface area (Å²) in [6.07, 6.45) is 0. The Morgan fingerprint density at radius 1 is 1.24 bits per heavy atom. The van der Waals surface area contributed by atoms with Gasteiger partial charge in [0.2, 0.25) is 0 Å². The number of amides is 1. The molecule has 0 atom stereocenters. The summed E-state index contributed by atoms with van der Waals surface area (Å²) in [4.78, 5) is 11.7. The number of rotatable bonds is 5. The molecule has 0 radical (unpaired) electrons. The van der Waals surface area contributed by atoms with Gasteiger partial charge >= 0.3 is 0 Å². The number of aromatic amines is 1. The average Bonchev–Trinajstić information content (AvgIpc) is 2.98. The van der Waals surface area contributed by atoms with Gasteiger partial charge in [-0.2, -0.15) is 5.10 Å². The quantitative estimate of drug-likeness (QED) is 0.565. The number of nitrogens with one attached hydrogen (secondary N) is 2. The number of aromatic nitrogens is 2. The molecule has 0 spiro atoms. The molecule has 1 aliphatic heterocycles. The number of hydrogen-bond acceptors (Lipinski definition) is 5. The van der Waals surface area contributed by atoms with Gasteiger partial charge < -0.3 is 20.9 Å². The molecule has 4 rings (SSSR count). The smallest absolute Gasteiger partial charge is 0.269 e. The summed E-state index contributed by atoms with van der Waals surface area (Å²) in [7, 11) is 0. The topological polar surface area (TPSA) is 113 Å². The zero-order valence-corrected chi connectivity index (χ0v) is 13.5. The summed E-state index contributed by atoms with van der Waals surface area (Å²) < 4.78 is 6.00. The largest absolute Gasteiger partial charge is 0.508 e. The minimum absolute atomic E-state index is 0.175. The maximum Gasteiger partial charge on any atom is 0.269 e. The molecule has 0 bridgehead atoms. The van der Waals surface area contributed by atoms with Crippen molar-refractivity contribution in [3.8, 4) is 22.6 Å². The summed E-state index contributed by atoms with van der Waals surface area (Å²) in [6.45, 7) is 2.41. The van der Waals surface area contributed by atoms with Crippen LogP contribution >= 0.6 is 0 Å². The van der Waals surface area contributed by atoms with Crippen molar-refractivity contribution in [1.82, 2.24) is 15.5 Å². The molecule has 7 heteroatoms. The second kappa shape index (κ2) is 6.10. The number of fused-ring (bicyclic) bond motifs is 1. The fourth-order valence-electron chi connectivity index (χ4n) is 2.91. The second-order valence-electron chi connectivity index (χ2n) is 6.22. The Hall–Kier alpha value is -3.06. The van der Waals surface area contributed by atoms with E-state index in [1.54, 1.807) is 12.1 Å². The molecule has 0 unspecified atom stereocenters. The fourth-order valence-corrected chi connectivity index (χ4v) is 2.91. The number of phenolic OH excluding ortho intramolecular Hbond substituents is 1. The van der Waals surface area contributed by atoms with Crippen LogP contribution in [0.3, 0.4) is 0 Å². The number of hydrogen-bond donors (Lipinski definition) is 4. The number of nitrogens with zero attached hydrogens (tertiary/aromatic N) is 1. The Morgan fingerprint density at radius 3 is 2.64 bits per heavy atom. The molecule has 1 aromatic heterocycles. The Kier molecular flexibility index (Phi) is 3.77. The molecule has 1 fully saturated rings. The highest BCUT2D eigenvalue weighted by atomic mass is 16.5. The van der Waals surface area contributed by atoms with Gasteiger partial charge in [-0.05, 0) is 35.4 Å². The highest BCUT2D eigenvalue weighted by Crippen LogP contribution is 2.34. The summed E-state index contributed by atoms with van der Waals surface area (Å²) in [6, 6.07) is 10.7. The van der Waals surface area contributed by atoms with Gasteiger partial charge in [0.05, 0.1) is 17.5 Å². The molecular formula is C18H18N4O3. The van der Waals surface area contributed by atoms with E-state index in [-0.39, 0.29) is 11.4 Å². The molecule has 5 N–H and O–H groups in total. The maximum atomic E-state index is 11.7. The number of carbonyl (C=O) groups is 1. The Bertz CT molecular complexity index is 929. The molecule has 1 aliphatic rings. The predicted octanol–water partition coefficient (Wildman–Crippen LogP) is 1.63. The molecule has 3 aromatic rings. The highest BCUT2D eigenvalue weighted by Gasteiger charge is 2.21. The molecule has 2 heterocycles. The van der Waals surface area contributed by atoms with Gasteiger partial charge in [-0.3, -0.25) is 9.89 Å². The summed E-state index contributed by atoms with van der Waals surface area (Å²) in [5.74, 6) is 0.640. The van der Waals surface area contributed by atoms with Crippen LogP contribution in [0.1, 0.15) is 10.5 Å². The summed E-state index contributed by atoms with van der Waals surface area (Å²) >= 11 is 0. The molecular weight excluding hydrogens is 320 g/mol. The third kappa shape index (κ3) is 2.89. The van der Waals surface area contributed by atoms with Crippen molar-refractivity contribution >= 4 is 16.8 Å². The van der Waals surface area contributed by atoms with Gasteiger partial charge in [-0.25, -0.2) is 0 Å². The third-order valence-corrected chi connectivity index (χ3v) is 4.40. The fraction of sp³-hybridized carbons (Fsp3) is 0.222. The Labute approximate surface area is 143 Å². The molecule has 7 nitrogen and oxygen atoms in total. The summed E-state index contributed by atoms with van der Waals surface area (Å²) in [5.41, 5.74) is 8.11. The first-order chi connectivity index (χ1) is 12.1. The van der Waals surface area contributed by atoms with Crippen molar-refractivity contribution in [2.24, 2.45) is 11.7 Å². The number of benzene rings is 2. The first-order valence-electron chi connectivity index (χ1n) is 8.06. The lowest BCUT2D eigenvalue weighted by molar-refractivity contribution is 0.0996. The van der Waals surface area contributed by atoms with E-state index in [1.165, 1.54) is 0 Å². The number of nitrogens with two attached hydrogens (primary N) is 1. The maximum absolute atomic E-state index is 11.7. The Morgan fingerprint density at radius 2 is 2.00 bits per heavy atom. The zero-order chi connectivity index (χ0) is 17.4. The van der Waals surface area contributed by atoms with E-state index in [1.807, 2.05) is 24.3 Å². The van der Waals surface area contributed by atoms with Gasteiger partial charge in [0.25, 0.3) is 5.91 Å². The van der Waals surface area contributed by atoms with Crippen LogP contribution in [0.25, 0.3) is 22.0 Å². The number of H-pyrrole nitrogens is 1. The van der Waals surface area contributed by atoms with E-state index in [4.69, 9.17) is 10.5 Å². The molecule has 1 saturated heterocycles. The minimum Gasteiger partial charge on any atom is -0.508 e. The number of phenols is 1. The van der Waals surface area contributed by atoms with Gasteiger partial charge in [-0.15, -0.1) is 0 Å². The van der Waals surface area contributed by atoms with Crippen LogP contribution in [-0.2, 0) is 0 Å². The SMILES string of the molecule is NC(=O)c1n[nH]c2cc(-c3ccc(O)cc3)cc(OCC3CNC3)c12. The minimum atomic E-state index is -0.598. The van der Waals surface area contributed by atoms with Crippen molar-refractivity contribution < 1.29 is 14.6 Å². The number of carbonyl (C=O) groups excluding carboxylic acids is 1. The monoisotopic (exact) mass is 338 g/mol. The van der Waals surface area contributed by atoms with Crippen LogP contribution in [0.2, 0.25) is 0 Å². The van der Waals surface area contributed by atoms with Crippen molar-refractivity contribution in [2.45, 2.75) is 0 Å². The van der Waals surface area contributed by atoms with Crippen molar-refractivity contribution in [2.75, 3.05) is 19.7 Å². The van der Waals surface area contributed by atoms with Crippen molar-refractivity contribution in [1.29, 1.82) is 0 Å². The molecule has 2 aromatic carbocycles. The molecule has 1 amide bonds. The number of ether oxygens (including phenoxy) is 1. The Balaban J connectivity index is 1.79. The normalized spacial score (nSPS) is 14.4. The van der Waals surface area contributed by atoms with E-state index in [0.29, 0.717) is 29.2 Å². The van der Waals surface area contributed by atoms with Crippen molar-refractivity contribution in [3.05, 3.63) is 42.1 Å². The van der Waals surface area contributed by atoms with Crippen LogP contribution < -0.4 is 15.8 Å².